The summed E-state index contributed by atoms with van der Waals surface area (Å²) in [5.41, 5.74) is 7.09. The first-order valence-electron chi connectivity index (χ1n) is 7.26. The summed E-state index contributed by atoms with van der Waals surface area (Å²) >= 11 is 0. The van der Waals surface area contributed by atoms with E-state index in [-0.39, 0.29) is 5.41 Å². The maximum Gasteiger partial charge on any atom is 0.163 e. The van der Waals surface area contributed by atoms with Gasteiger partial charge in [0.05, 0.1) is 0 Å². The van der Waals surface area contributed by atoms with Crippen LogP contribution in [0.3, 0.4) is 0 Å². The standard InChI is InChI=1S/C17H22O/c1-4-11-10-12-6-5-9-17(2,3)16(12)13-7-8-14(18)15(11)13/h10H,4-9H2,1-3H3. The molecule has 0 atom stereocenters. The van der Waals surface area contributed by atoms with Gasteiger partial charge in [-0.05, 0) is 59.8 Å². The summed E-state index contributed by atoms with van der Waals surface area (Å²) in [5.74, 6) is 0.381. The van der Waals surface area contributed by atoms with Gasteiger partial charge in [0.25, 0.3) is 0 Å². The number of hydrogen-bond donors (Lipinski definition) is 0. The quantitative estimate of drug-likeness (QED) is 0.727. The Hall–Kier alpha value is -1.11. The number of hydrogen-bond acceptors (Lipinski definition) is 1. The number of carbonyl (C=O) groups excluding carboxylic acids is 1. The van der Waals surface area contributed by atoms with Gasteiger partial charge in [0.2, 0.25) is 0 Å². The Labute approximate surface area is 110 Å². The van der Waals surface area contributed by atoms with Gasteiger partial charge in [-0.15, -0.1) is 0 Å². The van der Waals surface area contributed by atoms with Gasteiger partial charge in [0, 0.05) is 12.0 Å². The zero-order valence-corrected chi connectivity index (χ0v) is 11.7. The summed E-state index contributed by atoms with van der Waals surface area (Å²) in [7, 11) is 0. The SMILES string of the molecule is CCc1cc2c(c3c1C(=O)CC3)C(C)(C)CCC2. The van der Waals surface area contributed by atoms with Crippen LogP contribution >= 0.6 is 0 Å². The van der Waals surface area contributed by atoms with Crippen molar-refractivity contribution < 1.29 is 4.79 Å². The maximum atomic E-state index is 12.1. The van der Waals surface area contributed by atoms with E-state index < -0.39 is 0 Å². The van der Waals surface area contributed by atoms with Crippen molar-refractivity contribution >= 4 is 5.78 Å². The van der Waals surface area contributed by atoms with Crippen molar-refractivity contribution in [3.05, 3.63) is 33.9 Å². The lowest BCUT2D eigenvalue weighted by molar-refractivity contribution is 0.0994. The average Bonchev–Trinajstić information content (AvgIpc) is 2.70. The first-order chi connectivity index (χ1) is 8.54. The molecule has 0 aromatic heterocycles. The summed E-state index contributed by atoms with van der Waals surface area (Å²) in [5, 5.41) is 0. The van der Waals surface area contributed by atoms with Gasteiger partial charge in [-0.25, -0.2) is 0 Å². The van der Waals surface area contributed by atoms with E-state index in [4.69, 9.17) is 0 Å². The summed E-state index contributed by atoms with van der Waals surface area (Å²) in [6, 6.07) is 2.33. The molecule has 0 heterocycles. The molecule has 2 aliphatic carbocycles. The number of carbonyl (C=O) groups is 1. The third kappa shape index (κ3) is 1.56. The van der Waals surface area contributed by atoms with Gasteiger partial charge >= 0.3 is 0 Å². The van der Waals surface area contributed by atoms with Gasteiger partial charge in [-0.2, -0.15) is 0 Å². The van der Waals surface area contributed by atoms with Crippen LogP contribution in [0.15, 0.2) is 6.07 Å². The average molecular weight is 242 g/mol. The fourth-order valence-electron chi connectivity index (χ4n) is 3.99. The van der Waals surface area contributed by atoms with Crippen LogP contribution in [-0.4, -0.2) is 5.78 Å². The molecular formula is C17H22O. The number of aryl methyl sites for hydroxylation is 2. The molecule has 96 valence electrons. The highest BCUT2D eigenvalue weighted by molar-refractivity contribution is 6.02. The first kappa shape index (κ1) is 12.0. The van der Waals surface area contributed by atoms with E-state index in [1.807, 2.05) is 0 Å². The Balaban J connectivity index is 2.31. The van der Waals surface area contributed by atoms with Crippen LogP contribution in [0.5, 0.6) is 0 Å². The van der Waals surface area contributed by atoms with Crippen molar-refractivity contribution in [2.75, 3.05) is 0 Å². The molecule has 0 radical (unpaired) electrons. The fourth-order valence-corrected chi connectivity index (χ4v) is 3.99. The van der Waals surface area contributed by atoms with Crippen molar-refractivity contribution in [3.8, 4) is 0 Å². The zero-order valence-electron chi connectivity index (χ0n) is 11.7. The van der Waals surface area contributed by atoms with E-state index in [1.165, 1.54) is 41.5 Å². The smallest absolute Gasteiger partial charge is 0.163 e. The van der Waals surface area contributed by atoms with Crippen LogP contribution in [-0.2, 0) is 24.7 Å². The number of fused-ring (bicyclic) bond motifs is 3. The molecule has 0 unspecified atom stereocenters. The van der Waals surface area contributed by atoms with E-state index in [0.717, 1.165) is 24.8 Å². The highest BCUT2D eigenvalue weighted by Gasteiger charge is 2.35. The molecule has 0 aliphatic heterocycles. The number of Topliss-reactive ketones (excluding diaryl/α,β-unsaturated/α-hetero) is 1. The predicted molar refractivity (Wildman–Crippen MR) is 74.4 cm³/mol. The Bertz CT molecular complexity index is 523. The van der Waals surface area contributed by atoms with Crippen molar-refractivity contribution in [3.63, 3.8) is 0 Å². The summed E-state index contributed by atoms with van der Waals surface area (Å²) in [6.07, 6.45) is 6.44. The molecule has 0 bridgehead atoms. The number of rotatable bonds is 1. The van der Waals surface area contributed by atoms with Crippen molar-refractivity contribution in [1.82, 2.24) is 0 Å². The van der Waals surface area contributed by atoms with Crippen LogP contribution in [0.4, 0.5) is 0 Å². The molecule has 0 saturated heterocycles. The van der Waals surface area contributed by atoms with Crippen LogP contribution in [0, 0.1) is 0 Å². The van der Waals surface area contributed by atoms with E-state index >= 15 is 0 Å². The molecule has 1 aromatic rings. The van der Waals surface area contributed by atoms with E-state index in [9.17, 15) is 4.79 Å². The lowest BCUT2D eigenvalue weighted by Crippen LogP contribution is -2.26. The first-order valence-corrected chi connectivity index (χ1v) is 7.26. The number of ketones is 1. The summed E-state index contributed by atoms with van der Waals surface area (Å²) in [4.78, 5) is 12.1. The number of benzene rings is 1. The second kappa shape index (κ2) is 3.94. The van der Waals surface area contributed by atoms with Gasteiger partial charge in [0.15, 0.2) is 5.78 Å². The van der Waals surface area contributed by atoms with Crippen molar-refractivity contribution in [1.29, 1.82) is 0 Å². The molecule has 0 spiro atoms. The minimum absolute atomic E-state index is 0.258. The van der Waals surface area contributed by atoms with Gasteiger partial charge in [0.1, 0.15) is 0 Å². The Morgan fingerprint density at radius 2 is 2.00 bits per heavy atom. The second-order valence-corrected chi connectivity index (χ2v) is 6.44. The lowest BCUT2D eigenvalue weighted by Gasteiger charge is -2.35. The van der Waals surface area contributed by atoms with Crippen LogP contribution in [0.2, 0.25) is 0 Å². The largest absolute Gasteiger partial charge is 0.294 e. The van der Waals surface area contributed by atoms with E-state index in [0.29, 0.717) is 5.78 Å². The summed E-state index contributed by atoms with van der Waals surface area (Å²) in [6.45, 7) is 6.86. The minimum atomic E-state index is 0.258. The molecule has 1 heteroatoms. The molecule has 18 heavy (non-hydrogen) atoms. The van der Waals surface area contributed by atoms with E-state index in [2.05, 4.69) is 26.8 Å². The summed E-state index contributed by atoms with van der Waals surface area (Å²) < 4.78 is 0. The van der Waals surface area contributed by atoms with Gasteiger partial charge < -0.3 is 0 Å². The highest BCUT2D eigenvalue weighted by Crippen LogP contribution is 2.43. The Morgan fingerprint density at radius 3 is 2.72 bits per heavy atom. The maximum absolute atomic E-state index is 12.1. The van der Waals surface area contributed by atoms with Gasteiger partial charge in [-0.1, -0.05) is 26.8 Å². The van der Waals surface area contributed by atoms with Crippen molar-refractivity contribution in [2.24, 2.45) is 0 Å². The van der Waals surface area contributed by atoms with Crippen LogP contribution < -0.4 is 0 Å². The topological polar surface area (TPSA) is 17.1 Å². The fraction of sp³-hybridized carbons (Fsp3) is 0.588. The van der Waals surface area contributed by atoms with E-state index in [1.54, 1.807) is 0 Å². The van der Waals surface area contributed by atoms with Crippen molar-refractivity contribution in [2.45, 2.75) is 64.7 Å². The van der Waals surface area contributed by atoms with Crippen LogP contribution in [0.1, 0.15) is 72.6 Å². The zero-order chi connectivity index (χ0) is 12.9. The normalized spacial score (nSPS) is 20.7. The molecular weight excluding hydrogens is 220 g/mol. The third-order valence-electron chi connectivity index (χ3n) is 4.78. The lowest BCUT2D eigenvalue weighted by atomic mass is 9.69. The molecule has 1 nitrogen and oxygen atoms in total. The van der Waals surface area contributed by atoms with Crippen LogP contribution in [0.25, 0.3) is 0 Å². The third-order valence-corrected chi connectivity index (χ3v) is 4.78. The molecule has 0 amide bonds. The Kier molecular flexibility index (Phi) is 2.62. The molecule has 1 aromatic carbocycles. The molecule has 0 N–H and O–H groups in total. The minimum Gasteiger partial charge on any atom is -0.294 e. The predicted octanol–water partition coefficient (Wildman–Crippen LogP) is 3.99. The Morgan fingerprint density at radius 1 is 1.22 bits per heavy atom. The molecule has 0 saturated carbocycles. The van der Waals surface area contributed by atoms with Gasteiger partial charge in [-0.3, -0.25) is 4.79 Å². The molecule has 0 fully saturated rings. The second-order valence-electron chi connectivity index (χ2n) is 6.44. The molecule has 2 aliphatic rings. The highest BCUT2D eigenvalue weighted by atomic mass is 16.1. The monoisotopic (exact) mass is 242 g/mol. The molecule has 3 rings (SSSR count).